The molecule has 3 aromatic rings. The quantitative estimate of drug-likeness (QED) is 0.509. The van der Waals surface area contributed by atoms with E-state index in [4.69, 9.17) is 13.9 Å². The van der Waals surface area contributed by atoms with E-state index in [0.29, 0.717) is 24.1 Å². The zero-order chi connectivity index (χ0) is 24.3. The Morgan fingerprint density at radius 2 is 1.91 bits per heavy atom. The van der Waals surface area contributed by atoms with Crippen molar-refractivity contribution in [3.05, 3.63) is 71.9 Å². The summed E-state index contributed by atoms with van der Waals surface area (Å²) in [4.78, 5) is 28.9. The first-order chi connectivity index (χ1) is 16.2. The minimum absolute atomic E-state index is 0.0540. The number of carbonyl (C=O) groups excluding carboxylic acids is 2. The average Bonchev–Trinajstić information content (AvgIpc) is 3.38. The molecular weight excluding hydrogens is 455 g/mol. The molecule has 11 heteroatoms. The normalized spacial score (nSPS) is 14.2. The number of amides is 2. The summed E-state index contributed by atoms with van der Waals surface area (Å²) in [5.41, 5.74) is -1.17. The van der Waals surface area contributed by atoms with Gasteiger partial charge in [0.25, 0.3) is 5.91 Å². The third-order valence-electron chi connectivity index (χ3n) is 5.27. The standard InChI is InChI=1S/C23H20F3N3O5/c1-32-16-4-5-19(18(10-16)23(24,25)26)34-17-3-2-15(27-12-17)11-28-21(31)22(7-8-22)29-20(30)14-6-9-33-13-14/h2-6,9-10,12-13H,7-8,11H2,1H3,(H,28,31)(H,29,30). The summed E-state index contributed by atoms with van der Waals surface area (Å²) < 4.78 is 55.1. The predicted octanol–water partition coefficient (Wildman–Crippen LogP) is 4.07. The van der Waals surface area contributed by atoms with Gasteiger partial charge in [0.1, 0.15) is 34.6 Å². The fraction of sp³-hybridized carbons (Fsp3) is 0.261. The highest BCUT2D eigenvalue weighted by Gasteiger charge is 2.51. The lowest BCUT2D eigenvalue weighted by atomic mass is 10.2. The third kappa shape index (κ3) is 5.13. The van der Waals surface area contributed by atoms with Crippen LogP contribution in [0.3, 0.4) is 0 Å². The Morgan fingerprint density at radius 3 is 2.50 bits per heavy atom. The van der Waals surface area contributed by atoms with Crippen molar-refractivity contribution < 1.29 is 36.7 Å². The Hall–Kier alpha value is -4.02. The summed E-state index contributed by atoms with van der Waals surface area (Å²) in [5.74, 6) is -0.993. The molecule has 2 aromatic heterocycles. The van der Waals surface area contributed by atoms with Crippen LogP contribution in [-0.4, -0.2) is 29.4 Å². The number of furan rings is 1. The van der Waals surface area contributed by atoms with Crippen LogP contribution >= 0.6 is 0 Å². The van der Waals surface area contributed by atoms with Crippen LogP contribution in [0.25, 0.3) is 0 Å². The van der Waals surface area contributed by atoms with E-state index in [0.717, 1.165) is 6.07 Å². The maximum atomic E-state index is 13.3. The van der Waals surface area contributed by atoms with Crippen molar-refractivity contribution in [2.45, 2.75) is 31.1 Å². The molecule has 0 bridgehead atoms. The number of carbonyl (C=O) groups is 2. The van der Waals surface area contributed by atoms with E-state index in [1.807, 2.05) is 0 Å². The van der Waals surface area contributed by atoms with E-state index in [1.54, 1.807) is 0 Å². The molecule has 2 amide bonds. The number of ether oxygens (including phenoxy) is 2. The monoisotopic (exact) mass is 475 g/mol. The molecule has 1 aliphatic carbocycles. The largest absolute Gasteiger partial charge is 0.497 e. The highest BCUT2D eigenvalue weighted by atomic mass is 19.4. The van der Waals surface area contributed by atoms with E-state index >= 15 is 0 Å². The molecule has 0 saturated heterocycles. The molecule has 178 valence electrons. The van der Waals surface area contributed by atoms with Gasteiger partial charge in [-0.3, -0.25) is 14.6 Å². The van der Waals surface area contributed by atoms with E-state index in [1.165, 1.54) is 56.2 Å². The maximum absolute atomic E-state index is 13.3. The number of hydrogen-bond acceptors (Lipinski definition) is 6. The van der Waals surface area contributed by atoms with Crippen LogP contribution in [0.2, 0.25) is 0 Å². The lowest BCUT2D eigenvalue weighted by molar-refractivity contribution is -0.138. The van der Waals surface area contributed by atoms with Crippen molar-refractivity contribution in [2.24, 2.45) is 0 Å². The van der Waals surface area contributed by atoms with E-state index in [-0.39, 0.29) is 29.7 Å². The SMILES string of the molecule is COc1ccc(Oc2ccc(CNC(=O)C3(NC(=O)c4ccoc4)CC3)nc2)c(C(F)(F)F)c1. The van der Waals surface area contributed by atoms with Crippen LogP contribution in [-0.2, 0) is 17.5 Å². The molecule has 4 rings (SSSR count). The van der Waals surface area contributed by atoms with Crippen LogP contribution in [0, 0.1) is 0 Å². The van der Waals surface area contributed by atoms with Crippen LogP contribution in [0.15, 0.2) is 59.5 Å². The van der Waals surface area contributed by atoms with Crippen molar-refractivity contribution in [1.29, 1.82) is 0 Å². The number of benzene rings is 1. The van der Waals surface area contributed by atoms with Gasteiger partial charge in [-0.05, 0) is 49.2 Å². The van der Waals surface area contributed by atoms with E-state index < -0.39 is 23.2 Å². The number of hydrogen-bond donors (Lipinski definition) is 2. The Bertz CT molecular complexity index is 1170. The zero-order valence-electron chi connectivity index (χ0n) is 17.9. The van der Waals surface area contributed by atoms with Gasteiger partial charge in [-0.25, -0.2) is 0 Å². The van der Waals surface area contributed by atoms with Gasteiger partial charge in [0.15, 0.2) is 0 Å². The molecule has 34 heavy (non-hydrogen) atoms. The van der Waals surface area contributed by atoms with Gasteiger partial charge >= 0.3 is 6.18 Å². The summed E-state index contributed by atoms with van der Waals surface area (Å²) in [6, 6.07) is 7.86. The van der Waals surface area contributed by atoms with Gasteiger partial charge in [0.2, 0.25) is 5.91 Å². The molecule has 0 aliphatic heterocycles. The van der Waals surface area contributed by atoms with Gasteiger partial charge in [0, 0.05) is 0 Å². The zero-order valence-corrected chi connectivity index (χ0v) is 17.9. The first-order valence-corrected chi connectivity index (χ1v) is 10.2. The molecule has 1 aliphatic rings. The van der Waals surface area contributed by atoms with Gasteiger partial charge < -0.3 is 24.5 Å². The smallest absolute Gasteiger partial charge is 0.420 e. The molecule has 0 unspecified atom stereocenters. The fourth-order valence-electron chi connectivity index (χ4n) is 3.21. The second-order valence-corrected chi connectivity index (χ2v) is 7.68. The lowest BCUT2D eigenvalue weighted by Gasteiger charge is -2.17. The van der Waals surface area contributed by atoms with E-state index in [2.05, 4.69) is 15.6 Å². The highest BCUT2D eigenvalue weighted by molar-refractivity contribution is 6.00. The van der Waals surface area contributed by atoms with Crippen LogP contribution < -0.4 is 20.1 Å². The maximum Gasteiger partial charge on any atom is 0.420 e. The molecule has 2 heterocycles. The molecule has 8 nitrogen and oxygen atoms in total. The van der Waals surface area contributed by atoms with Crippen LogP contribution in [0.5, 0.6) is 17.2 Å². The van der Waals surface area contributed by atoms with Gasteiger partial charge in [-0.15, -0.1) is 0 Å². The summed E-state index contributed by atoms with van der Waals surface area (Å²) in [6.45, 7) is 0.0682. The Balaban J connectivity index is 1.36. The molecule has 0 radical (unpaired) electrons. The second-order valence-electron chi connectivity index (χ2n) is 7.68. The molecule has 0 atom stereocenters. The van der Waals surface area contributed by atoms with Crippen molar-refractivity contribution >= 4 is 11.8 Å². The number of pyridine rings is 1. The number of methoxy groups -OCH3 is 1. The minimum atomic E-state index is -4.63. The van der Waals surface area contributed by atoms with Crippen molar-refractivity contribution in [2.75, 3.05) is 7.11 Å². The molecule has 1 saturated carbocycles. The fourth-order valence-corrected chi connectivity index (χ4v) is 3.21. The Kier molecular flexibility index (Phi) is 6.18. The molecule has 0 spiro atoms. The number of aromatic nitrogens is 1. The average molecular weight is 475 g/mol. The Labute approximate surface area is 192 Å². The summed E-state index contributed by atoms with van der Waals surface area (Å²) in [6.07, 6.45) is 0.303. The minimum Gasteiger partial charge on any atom is -0.497 e. The second kappa shape index (κ2) is 9.08. The van der Waals surface area contributed by atoms with Gasteiger partial charge in [-0.2, -0.15) is 13.2 Å². The Morgan fingerprint density at radius 1 is 1.15 bits per heavy atom. The summed E-state index contributed by atoms with van der Waals surface area (Å²) in [7, 11) is 1.27. The lowest BCUT2D eigenvalue weighted by Crippen LogP contribution is -2.48. The summed E-state index contributed by atoms with van der Waals surface area (Å²) in [5, 5.41) is 5.44. The first-order valence-electron chi connectivity index (χ1n) is 10.2. The number of rotatable bonds is 8. The van der Waals surface area contributed by atoms with Crippen molar-refractivity contribution in [3.8, 4) is 17.2 Å². The first kappa shape index (κ1) is 23.1. The molecule has 1 fully saturated rings. The number of nitrogens with one attached hydrogen (secondary N) is 2. The molecule has 2 N–H and O–H groups in total. The van der Waals surface area contributed by atoms with Gasteiger partial charge in [0.05, 0.1) is 37.4 Å². The third-order valence-corrected chi connectivity index (χ3v) is 5.27. The number of nitrogens with zero attached hydrogens (tertiary/aromatic N) is 1. The summed E-state index contributed by atoms with van der Waals surface area (Å²) >= 11 is 0. The number of alkyl halides is 3. The molecular formula is C23H20F3N3O5. The van der Waals surface area contributed by atoms with Crippen molar-refractivity contribution in [3.63, 3.8) is 0 Å². The van der Waals surface area contributed by atoms with Crippen molar-refractivity contribution in [1.82, 2.24) is 15.6 Å². The predicted molar refractivity (Wildman–Crippen MR) is 112 cm³/mol. The van der Waals surface area contributed by atoms with E-state index in [9.17, 15) is 22.8 Å². The highest BCUT2D eigenvalue weighted by Crippen LogP contribution is 2.40. The topological polar surface area (TPSA) is 103 Å². The molecule has 1 aromatic carbocycles. The number of halogens is 3. The van der Waals surface area contributed by atoms with Crippen LogP contribution in [0.4, 0.5) is 13.2 Å². The van der Waals surface area contributed by atoms with Gasteiger partial charge in [-0.1, -0.05) is 0 Å². The van der Waals surface area contributed by atoms with Crippen LogP contribution in [0.1, 0.15) is 34.5 Å².